The van der Waals surface area contributed by atoms with E-state index in [4.69, 9.17) is 10.2 Å². The first-order valence-corrected chi connectivity index (χ1v) is 5.48. The molecule has 2 nitrogen and oxygen atoms in total. The van der Waals surface area contributed by atoms with Crippen molar-refractivity contribution in [2.24, 2.45) is 0 Å². The van der Waals surface area contributed by atoms with Gasteiger partial charge in [0.05, 0.1) is 0 Å². The molecule has 2 aliphatic carbocycles. The monoisotopic (exact) mass is 270 g/mol. The molecule has 94 valence electrons. The van der Waals surface area contributed by atoms with E-state index < -0.39 is 0 Å². The van der Waals surface area contributed by atoms with Gasteiger partial charge in [0.1, 0.15) is 0 Å². The van der Waals surface area contributed by atoms with Gasteiger partial charge in [0, 0.05) is 13.2 Å². The molecule has 17 heavy (non-hydrogen) atoms. The van der Waals surface area contributed by atoms with E-state index in [0.717, 1.165) is 12.8 Å². The number of aliphatic hydroxyl groups excluding tert-OH is 2. The molecule has 3 heteroatoms. The van der Waals surface area contributed by atoms with Gasteiger partial charge in [0.2, 0.25) is 0 Å². The van der Waals surface area contributed by atoms with Crippen molar-refractivity contribution < 1.29 is 31.9 Å². The summed E-state index contributed by atoms with van der Waals surface area (Å²) in [6.07, 6.45) is 20.0. The Morgan fingerprint density at radius 1 is 0.882 bits per heavy atom. The van der Waals surface area contributed by atoms with Crippen LogP contribution in [0.1, 0.15) is 26.7 Å². The fourth-order valence-corrected chi connectivity index (χ4v) is 0.680. The molecule has 0 atom stereocenters. The summed E-state index contributed by atoms with van der Waals surface area (Å²) in [5.74, 6) is 0. The van der Waals surface area contributed by atoms with Crippen molar-refractivity contribution >= 4 is 0 Å². The Kier molecular flexibility index (Phi) is 31.7. The molecule has 2 aliphatic rings. The van der Waals surface area contributed by atoms with Crippen molar-refractivity contribution in [1.82, 2.24) is 0 Å². The summed E-state index contributed by atoms with van der Waals surface area (Å²) in [6, 6.07) is 0. The molecule has 0 unspecified atom stereocenters. The van der Waals surface area contributed by atoms with Gasteiger partial charge in [-0.25, -0.2) is 24.3 Å². The fraction of sp³-hybridized carbons (Fsp3) is 0.429. The molecule has 2 N–H and O–H groups in total. The Morgan fingerprint density at radius 3 is 1.24 bits per heavy atom. The zero-order valence-electron chi connectivity index (χ0n) is 10.7. The maximum Gasteiger partial charge on any atom is 2.00 e. The van der Waals surface area contributed by atoms with Crippen LogP contribution in [0.5, 0.6) is 0 Å². The minimum Gasteiger partial charge on any atom is -0.397 e. The Balaban J connectivity index is -0.000000157. The number of aliphatic hydroxyl groups is 2. The average Bonchev–Trinajstić information content (AvgIpc) is 3.00. The molecular weight excluding hydrogens is 248 g/mol. The van der Waals surface area contributed by atoms with Gasteiger partial charge in [-0.05, 0) is 13.8 Å². The normalized spacial score (nSPS) is 12.5. The first-order valence-electron chi connectivity index (χ1n) is 5.48. The molecule has 0 fully saturated rings. The fourth-order valence-electron chi connectivity index (χ4n) is 0.680. The van der Waals surface area contributed by atoms with Gasteiger partial charge in [0.15, 0.2) is 0 Å². The van der Waals surface area contributed by atoms with Crippen molar-refractivity contribution in [1.29, 1.82) is 0 Å². The van der Waals surface area contributed by atoms with E-state index in [9.17, 15) is 0 Å². The van der Waals surface area contributed by atoms with E-state index in [1.807, 2.05) is 24.3 Å². The zero-order chi connectivity index (χ0) is 12.5. The summed E-state index contributed by atoms with van der Waals surface area (Å²) in [6.45, 7) is 3.86. The van der Waals surface area contributed by atoms with Gasteiger partial charge in [-0.15, -0.1) is 12.8 Å². The molecule has 0 bridgehead atoms. The molecule has 0 aromatic rings. The largest absolute Gasteiger partial charge is 2.00 e. The van der Waals surface area contributed by atoms with E-state index >= 15 is 0 Å². The SMILES string of the molecule is CCO.CCO.[C-]1=CC=CC1.[C-]1=CC=CC1.[Ti+2]. The van der Waals surface area contributed by atoms with Crippen molar-refractivity contribution in [2.45, 2.75) is 26.7 Å². The molecule has 0 radical (unpaired) electrons. The van der Waals surface area contributed by atoms with Crippen molar-refractivity contribution in [3.8, 4) is 0 Å². The van der Waals surface area contributed by atoms with Crippen LogP contribution in [0.15, 0.2) is 36.5 Å². The van der Waals surface area contributed by atoms with Gasteiger partial charge in [-0.2, -0.15) is 12.2 Å². The second-order valence-corrected chi connectivity index (χ2v) is 2.64. The molecular formula is C14H22O2Ti. The van der Waals surface area contributed by atoms with Crippen LogP contribution >= 0.6 is 0 Å². The third kappa shape index (κ3) is 31.3. The topological polar surface area (TPSA) is 40.5 Å². The summed E-state index contributed by atoms with van der Waals surface area (Å²) >= 11 is 0. The minimum atomic E-state index is 0. The van der Waals surface area contributed by atoms with Crippen molar-refractivity contribution in [2.75, 3.05) is 13.2 Å². The summed E-state index contributed by atoms with van der Waals surface area (Å²) in [4.78, 5) is 0. The van der Waals surface area contributed by atoms with E-state index in [-0.39, 0.29) is 34.9 Å². The maximum atomic E-state index is 7.57. The molecule has 0 spiro atoms. The van der Waals surface area contributed by atoms with E-state index in [1.165, 1.54) is 0 Å². The molecule has 0 aliphatic heterocycles. The van der Waals surface area contributed by atoms with E-state index in [1.54, 1.807) is 13.8 Å². The Labute approximate surface area is 120 Å². The second-order valence-electron chi connectivity index (χ2n) is 2.64. The molecule has 0 aromatic carbocycles. The first kappa shape index (κ1) is 21.8. The Bertz CT molecular complexity index is 174. The third-order valence-corrected chi connectivity index (χ3v) is 1.17. The van der Waals surface area contributed by atoms with E-state index in [0.29, 0.717) is 0 Å². The van der Waals surface area contributed by atoms with Crippen LogP contribution in [0.4, 0.5) is 0 Å². The third-order valence-electron chi connectivity index (χ3n) is 1.17. The smallest absolute Gasteiger partial charge is 0.397 e. The Hall–Kier alpha value is -0.406. The average molecular weight is 270 g/mol. The van der Waals surface area contributed by atoms with Crippen LogP contribution in [0, 0.1) is 12.2 Å². The van der Waals surface area contributed by atoms with Crippen LogP contribution in [-0.4, -0.2) is 23.4 Å². The van der Waals surface area contributed by atoms with Gasteiger partial charge in [-0.3, -0.25) is 12.2 Å². The van der Waals surface area contributed by atoms with E-state index in [2.05, 4.69) is 24.3 Å². The molecule has 0 amide bonds. The zero-order valence-corrected chi connectivity index (χ0v) is 12.2. The van der Waals surface area contributed by atoms with Gasteiger partial charge in [-0.1, -0.05) is 0 Å². The second kappa shape index (κ2) is 24.7. The summed E-state index contributed by atoms with van der Waals surface area (Å²) < 4.78 is 0. The summed E-state index contributed by atoms with van der Waals surface area (Å²) in [7, 11) is 0. The van der Waals surface area contributed by atoms with Crippen LogP contribution in [0.2, 0.25) is 0 Å². The predicted octanol–water partition coefficient (Wildman–Crippen LogP) is 2.61. The number of hydrogen-bond donors (Lipinski definition) is 2. The van der Waals surface area contributed by atoms with Gasteiger partial charge in [0.25, 0.3) is 0 Å². The van der Waals surface area contributed by atoms with Gasteiger partial charge >= 0.3 is 21.7 Å². The molecule has 2 rings (SSSR count). The van der Waals surface area contributed by atoms with Crippen LogP contribution in [-0.2, 0) is 21.7 Å². The van der Waals surface area contributed by atoms with Crippen molar-refractivity contribution in [3.63, 3.8) is 0 Å². The molecule has 0 saturated carbocycles. The summed E-state index contributed by atoms with van der Waals surface area (Å²) in [5.41, 5.74) is 0. The standard InChI is InChI=1S/2C5H5.2C2H6O.Ti/c2*1-2-4-5-3-1;2*1-2-3;/h2*1-3H,4H2;2*3H,2H2,1H3;/q2*-1;;;+2. The quantitative estimate of drug-likeness (QED) is 0.524. The number of hydrogen-bond acceptors (Lipinski definition) is 2. The number of allylic oxidation sites excluding steroid dienone is 8. The summed E-state index contributed by atoms with van der Waals surface area (Å²) in [5, 5.41) is 15.1. The van der Waals surface area contributed by atoms with Crippen molar-refractivity contribution in [3.05, 3.63) is 48.6 Å². The Morgan fingerprint density at radius 2 is 1.18 bits per heavy atom. The molecule has 0 aromatic heterocycles. The van der Waals surface area contributed by atoms with Gasteiger partial charge < -0.3 is 10.2 Å². The van der Waals surface area contributed by atoms with Crippen LogP contribution < -0.4 is 0 Å². The predicted molar refractivity (Wildman–Crippen MR) is 68.7 cm³/mol. The number of rotatable bonds is 0. The van der Waals surface area contributed by atoms with Crippen LogP contribution in [0.25, 0.3) is 0 Å². The molecule has 0 saturated heterocycles. The first-order chi connectivity index (χ1) is 7.83. The maximum absolute atomic E-state index is 7.57. The van der Waals surface area contributed by atoms with Crippen LogP contribution in [0.3, 0.4) is 0 Å². The minimum absolute atomic E-state index is 0. The molecule has 0 heterocycles.